The quantitative estimate of drug-likeness (QED) is 0.720. The van der Waals surface area contributed by atoms with Gasteiger partial charge < -0.3 is 0 Å². The van der Waals surface area contributed by atoms with Crippen LogP contribution in [-0.2, 0) is 11.0 Å². The summed E-state index contributed by atoms with van der Waals surface area (Å²) in [6.45, 7) is 14.0. The first-order chi connectivity index (χ1) is 11.2. The van der Waals surface area contributed by atoms with Crippen molar-refractivity contribution in [3.05, 3.63) is 53.2 Å². The van der Waals surface area contributed by atoms with Gasteiger partial charge in [-0.05, 0) is 52.2 Å². The predicted molar refractivity (Wildman–Crippen MR) is 105 cm³/mol. The number of hydrogen-bond acceptors (Lipinski definition) is 3. The van der Waals surface area contributed by atoms with Crippen LogP contribution in [0.25, 0.3) is 10.4 Å². The lowest BCUT2D eigenvalue weighted by atomic mass is 9.99. The zero-order chi connectivity index (χ0) is 17.9. The van der Waals surface area contributed by atoms with Gasteiger partial charge in [0.2, 0.25) is 0 Å². The van der Waals surface area contributed by atoms with Crippen molar-refractivity contribution in [2.45, 2.75) is 51.8 Å². The van der Waals surface area contributed by atoms with Gasteiger partial charge in [0.15, 0.2) is 0 Å². The highest BCUT2D eigenvalue weighted by Crippen LogP contribution is 2.30. The Morgan fingerprint density at radius 2 is 1.96 bits per heavy atom. The molecule has 1 aromatic heterocycles. The second-order valence-electron chi connectivity index (χ2n) is 7.10. The minimum atomic E-state index is -1.12. The third-order valence-corrected chi connectivity index (χ3v) is 6.27. The lowest BCUT2D eigenvalue weighted by molar-refractivity contribution is 0.596. The summed E-state index contributed by atoms with van der Waals surface area (Å²) in [5.41, 5.74) is 6.29. The van der Waals surface area contributed by atoms with E-state index in [2.05, 4.69) is 40.6 Å². The minimum Gasteiger partial charge on any atom is -0.249 e. The first-order valence-corrected chi connectivity index (χ1v) is 10.0. The van der Waals surface area contributed by atoms with Crippen LogP contribution >= 0.6 is 11.3 Å². The maximum absolute atomic E-state index is 12.5. The largest absolute Gasteiger partial charge is 0.249 e. The molecular formula is C19H26N2OS2. The molecule has 0 fully saturated rings. The Morgan fingerprint density at radius 3 is 2.42 bits per heavy atom. The smallest absolute Gasteiger partial charge is 0.0976 e. The van der Waals surface area contributed by atoms with E-state index in [1.54, 1.807) is 11.3 Å². The molecular weight excluding hydrogens is 336 g/mol. The maximum Gasteiger partial charge on any atom is 0.0976 e. The third kappa shape index (κ3) is 4.85. The number of benzene rings is 1. The molecule has 0 spiro atoms. The van der Waals surface area contributed by atoms with E-state index in [0.717, 1.165) is 23.3 Å². The van der Waals surface area contributed by atoms with E-state index >= 15 is 0 Å². The molecule has 0 aliphatic carbocycles. The third-order valence-electron chi connectivity index (χ3n) is 3.68. The number of aryl methyl sites for hydroxylation is 1. The molecule has 1 N–H and O–H groups in total. The Morgan fingerprint density at radius 1 is 1.33 bits per heavy atom. The summed E-state index contributed by atoms with van der Waals surface area (Å²) < 4.78 is 15.5. The number of nitrogens with one attached hydrogen (secondary N) is 1. The highest BCUT2D eigenvalue weighted by molar-refractivity contribution is 7.84. The first kappa shape index (κ1) is 19.0. The molecule has 0 amide bonds. The molecule has 3 nitrogen and oxygen atoms in total. The molecule has 0 bridgehead atoms. The van der Waals surface area contributed by atoms with Crippen molar-refractivity contribution in [3.63, 3.8) is 0 Å². The minimum absolute atomic E-state index is 0.000772. The van der Waals surface area contributed by atoms with Crippen LogP contribution in [0.3, 0.4) is 0 Å². The highest BCUT2D eigenvalue weighted by Gasteiger charge is 2.23. The molecule has 1 heterocycles. The molecule has 2 rings (SSSR count). The van der Waals surface area contributed by atoms with Crippen LogP contribution in [0.15, 0.2) is 41.9 Å². The Labute approximate surface area is 151 Å². The first-order valence-electron chi connectivity index (χ1n) is 8.01. The van der Waals surface area contributed by atoms with E-state index in [1.165, 1.54) is 10.4 Å². The van der Waals surface area contributed by atoms with Gasteiger partial charge in [-0.25, -0.2) is 13.9 Å². The van der Waals surface area contributed by atoms with E-state index < -0.39 is 11.0 Å². The molecule has 0 saturated carbocycles. The van der Waals surface area contributed by atoms with Crippen LogP contribution < -0.4 is 4.72 Å². The van der Waals surface area contributed by atoms with Crippen molar-refractivity contribution < 1.29 is 4.21 Å². The van der Waals surface area contributed by atoms with Gasteiger partial charge in [-0.1, -0.05) is 29.8 Å². The summed E-state index contributed by atoms with van der Waals surface area (Å²) in [7, 11) is -1.12. The lowest BCUT2D eigenvalue weighted by Crippen LogP contribution is -2.35. The molecule has 24 heavy (non-hydrogen) atoms. The zero-order valence-corrected chi connectivity index (χ0v) is 16.7. The number of thiazole rings is 1. The van der Waals surface area contributed by atoms with Crippen LogP contribution in [-0.4, -0.2) is 13.9 Å². The molecule has 0 saturated heterocycles. The van der Waals surface area contributed by atoms with Crippen LogP contribution in [0.2, 0.25) is 0 Å². The molecule has 0 unspecified atom stereocenters. The number of nitrogens with zero attached hydrogens (tertiary/aromatic N) is 1. The van der Waals surface area contributed by atoms with Gasteiger partial charge in [0.1, 0.15) is 0 Å². The Bertz CT molecular complexity index is 727. The molecule has 2 atom stereocenters. The second-order valence-corrected chi connectivity index (χ2v) is 9.95. The summed E-state index contributed by atoms with van der Waals surface area (Å²) >= 11 is 1.65. The summed E-state index contributed by atoms with van der Waals surface area (Å²) in [6.07, 6.45) is 0.765. The number of hydrogen-bond donors (Lipinski definition) is 1. The Balaban J connectivity index is 2.25. The van der Waals surface area contributed by atoms with Gasteiger partial charge in [-0.2, -0.15) is 0 Å². The van der Waals surface area contributed by atoms with E-state index in [0.29, 0.717) is 0 Å². The molecule has 1 aromatic carbocycles. The normalized spacial score (nSPS) is 14.4. The molecule has 0 aliphatic rings. The second kappa shape index (κ2) is 7.72. The van der Waals surface area contributed by atoms with Gasteiger partial charge in [0.25, 0.3) is 0 Å². The standard InChI is InChI=1S/C19H26N2OS2/c1-13(2)11-17(21-24(22)19(4,5)6)15-7-9-16(10-8-15)18-14(3)20-12-23-18/h7-10,12,17,21H,1,11H2,2-6H3/t17-,24+/m0/s1. The number of rotatable bonds is 6. The van der Waals surface area contributed by atoms with Gasteiger partial charge in [0.05, 0.1) is 31.8 Å². The fraction of sp³-hybridized carbons (Fsp3) is 0.421. The van der Waals surface area contributed by atoms with Crippen LogP contribution in [0.4, 0.5) is 0 Å². The highest BCUT2D eigenvalue weighted by atomic mass is 32.2. The van der Waals surface area contributed by atoms with Crippen molar-refractivity contribution in [2.24, 2.45) is 0 Å². The molecule has 0 radical (unpaired) electrons. The Hall–Kier alpha value is -1.30. The zero-order valence-electron chi connectivity index (χ0n) is 15.1. The van der Waals surface area contributed by atoms with E-state index in [1.807, 2.05) is 40.1 Å². The van der Waals surface area contributed by atoms with Gasteiger partial charge >= 0.3 is 0 Å². The van der Waals surface area contributed by atoms with Crippen molar-refractivity contribution in [1.82, 2.24) is 9.71 Å². The van der Waals surface area contributed by atoms with Crippen LogP contribution in [0.5, 0.6) is 0 Å². The van der Waals surface area contributed by atoms with Gasteiger partial charge in [-0.15, -0.1) is 17.9 Å². The monoisotopic (exact) mass is 362 g/mol. The van der Waals surface area contributed by atoms with Crippen LogP contribution in [0, 0.1) is 6.92 Å². The van der Waals surface area contributed by atoms with E-state index in [-0.39, 0.29) is 10.8 Å². The maximum atomic E-state index is 12.5. The molecule has 2 aromatic rings. The van der Waals surface area contributed by atoms with Crippen molar-refractivity contribution in [3.8, 4) is 10.4 Å². The van der Waals surface area contributed by atoms with Crippen molar-refractivity contribution >= 4 is 22.3 Å². The summed E-state index contributed by atoms with van der Waals surface area (Å²) in [5.74, 6) is 0. The fourth-order valence-corrected chi connectivity index (χ4v) is 3.97. The Kier molecular flexibility index (Phi) is 6.12. The topological polar surface area (TPSA) is 42.0 Å². The predicted octanol–water partition coefficient (Wildman–Crippen LogP) is 5.18. The summed E-state index contributed by atoms with van der Waals surface area (Å²) in [6, 6.07) is 8.44. The average molecular weight is 363 g/mol. The number of aromatic nitrogens is 1. The molecule has 0 aliphatic heterocycles. The lowest BCUT2D eigenvalue weighted by Gasteiger charge is -2.25. The van der Waals surface area contributed by atoms with Crippen molar-refractivity contribution in [2.75, 3.05) is 0 Å². The average Bonchev–Trinajstić information content (AvgIpc) is 2.91. The van der Waals surface area contributed by atoms with Gasteiger partial charge in [-0.3, -0.25) is 0 Å². The molecule has 130 valence electrons. The van der Waals surface area contributed by atoms with Gasteiger partial charge in [0, 0.05) is 6.04 Å². The van der Waals surface area contributed by atoms with E-state index in [9.17, 15) is 4.21 Å². The SMILES string of the molecule is C=C(C)C[C@H](N[S@](=O)C(C)(C)C)c1ccc(-c2scnc2C)cc1. The van der Waals surface area contributed by atoms with E-state index in [4.69, 9.17) is 0 Å². The van der Waals surface area contributed by atoms with Crippen molar-refractivity contribution in [1.29, 1.82) is 0 Å². The summed E-state index contributed by atoms with van der Waals surface area (Å²) in [5, 5.41) is 0. The summed E-state index contributed by atoms with van der Waals surface area (Å²) in [4.78, 5) is 5.51. The van der Waals surface area contributed by atoms with Crippen LogP contribution in [0.1, 0.15) is 51.4 Å². The molecule has 5 heteroatoms. The fourth-order valence-electron chi connectivity index (χ4n) is 2.33.